The first-order valence-corrected chi connectivity index (χ1v) is 6.33. The van der Waals surface area contributed by atoms with E-state index >= 15 is 0 Å². The van der Waals surface area contributed by atoms with Crippen molar-refractivity contribution in [1.29, 1.82) is 0 Å². The average molecular weight is 229 g/mol. The molecule has 1 aliphatic heterocycles. The highest BCUT2D eigenvalue weighted by Gasteiger charge is 2.38. The molecule has 1 saturated carbocycles. The van der Waals surface area contributed by atoms with E-state index in [1.807, 2.05) is 41.9 Å². The normalized spacial score (nSPS) is 27.9. The lowest BCUT2D eigenvalue weighted by molar-refractivity contribution is 0.0745. The number of amides is 1. The first kappa shape index (κ1) is 10.8. The second-order valence-corrected chi connectivity index (χ2v) is 4.83. The summed E-state index contributed by atoms with van der Waals surface area (Å²) in [5.41, 5.74) is 0.775. The topological polar surface area (TPSA) is 32.3 Å². The number of hydrogen-bond donors (Lipinski definition) is 1. The molecule has 1 aliphatic carbocycles. The highest BCUT2D eigenvalue weighted by molar-refractivity contribution is 5.95. The molecule has 1 radical (unpaired) electrons. The Morgan fingerprint density at radius 3 is 2.76 bits per heavy atom. The van der Waals surface area contributed by atoms with Gasteiger partial charge in [-0.3, -0.25) is 10.1 Å². The smallest absolute Gasteiger partial charge is 0.255 e. The quantitative estimate of drug-likeness (QED) is 0.800. The SMILES string of the molecule is O=C(c1ccccc1)N1[CH]NC2CCCCC21. The maximum atomic E-state index is 12.4. The second kappa shape index (κ2) is 4.49. The van der Waals surface area contributed by atoms with Gasteiger partial charge in [-0.2, -0.15) is 0 Å². The van der Waals surface area contributed by atoms with Gasteiger partial charge in [0, 0.05) is 17.6 Å². The highest BCUT2D eigenvalue weighted by Crippen LogP contribution is 2.29. The minimum absolute atomic E-state index is 0.118. The van der Waals surface area contributed by atoms with Crippen molar-refractivity contribution < 1.29 is 4.79 Å². The van der Waals surface area contributed by atoms with Crippen molar-refractivity contribution in [2.75, 3.05) is 0 Å². The lowest BCUT2D eigenvalue weighted by Crippen LogP contribution is -2.41. The zero-order valence-corrected chi connectivity index (χ0v) is 9.80. The Bertz CT molecular complexity index is 404. The lowest BCUT2D eigenvalue weighted by atomic mass is 9.91. The molecule has 1 N–H and O–H groups in total. The van der Waals surface area contributed by atoms with Crippen molar-refractivity contribution >= 4 is 5.91 Å². The fourth-order valence-electron chi connectivity index (χ4n) is 2.85. The van der Waals surface area contributed by atoms with Gasteiger partial charge in [-0.1, -0.05) is 31.0 Å². The van der Waals surface area contributed by atoms with Crippen LogP contribution in [0, 0.1) is 6.67 Å². The molecule has 1 amide bonds. The minimum atomic E-state index is 0.118. The molecule has 2 atom stereocenters. The lowest BCUT2D eigenvalue weighted by Gasteiger charge is -2.30. The number of fused-ring (bicyclic) bond motifs is 1. The van der Waals surface area contributed by atoms with Gasteiger partial charge in [0.25, 0.3) is 5.91 Å². The number of carbonyl (C=O) groups excluding carboxylic acids is 1. The Morgan fingerprint density at radius 1 is 1.18 bits per heavy atom. The van der Waals surface area contributed by atoms with E-state index in [9.17, 15) is 4.79 Å². The van der Waals surface area contributed by atoms with Crippen molar-refractivity contribution in [2.45, 2.75) is 37.8 Å². The molecule has 1 saturated heterocycles. The molecular formula is C14H17N2O. The van der Waals surface area contributed by atoms with E-state index < -0.39 is 0 Å². The van der Waals surface area contributed by atoms with Gasteiger partial charge in [-0.05, 0) is 25.0 Å². The van der Waals surface area contributed by atoms with Gasteiger partial charge in [-0.15, -0.1) is 0 Å². The van der Waals surface area contributed by atoms with Gasteiger partial charge >= 0.3 is 0 Å². The molecule has 3 nitrogen and oxygen atoms in total. The van der Waals surface area contributed by atoms with Crippen molar-refractivity contribution in [3.8, 4) is 0 Å². The Hall–Kier alpha value is -1.35. The van der Waals surface area contributed by atoms with E-state index in [-0.39, 0.29) is 5.91 Å². The Kier molecular flexibility index (Phi) is 2.85. The van der Waals surface area contributed by atoms with Crippen LogP contribution in [0.2, 0.25) is 0 Å². The van der Waals surface area contributed by atoms with E-state index in [0.29, 0.717) is 12.1 Å². The molecule has 1 aromatic carbocycles. The van der Waals surface area contributed by atoms with Crippen LogP contribution in [0.4, 0.5) is 0 Å². The summed E-state index contributed by atoms with van der Waals surface area (Å²) >= 11 is 0. The van der Waals surface area contributed by atoms with Crippen molar-refractivity contribution in [3.63, 3.8) is 0 Å². The summed E-state index contributed by atoms with van der Waals surface area (Å²) in [6, 6.07) is 10.3. The van der Waals surface area contributed by atoms with E-state index in [2.05, 4.69) is 5.32 Å². The van der Waals surface area contributed by atoms with Crippen LogP contribution in [0.25, 0.3) is 0 Å². The summed E-state index contributed by atoms with van der Waals surface area (Å²) in [6.45, 7) is 1.87. The molecule has 0 spiro atoms. The van der Waals surface area contributed by atoms with Crippen LogP contribution >= 0.6 is 0 Å². The maximum Gasteiger partial charge on any atom is 0.255 e. The molecule has 1 heterocycles. The standard InChI is InChI=1S/C14H17N2O/c17-14(11-6-2-1-3-7-11)16-10-15-12-8-4-5-9-13(12)16/h1-3,6-7,10,12-13,15H,4-5,8-9H2. The summed E-state index contributed by atoms with van der Waals surface area (Å²) < 4.78 is 0. The van der Waals surface area contributed by atoms with Crippen LogP contribution in [0.15, 0.2) is 30.3 Å². The van der Waals surface area contributed by atoms with Crippen LogP contribution in [0.5, 0.6) is 0 Å². The van der Waals surface area contributed by atoms with Crippen molar-refractivity contribution in [3.05, 3.63) is 42.6 Å². The van der Waals surface area contributed by atoms with Gasteiger partial charge in [0.15, 0.2) is 0 Å². The Morgan fingerprint density at radius 2 is 1.94 bits per heavy atom. The number of benzene rings is 1. The first-order valence-electron chi connectivity index (χ1n) is 6.33. The zero-order valence-electron chi connectivity index (χ0n) is 9.80. The predicted molar refractivity (Wildman–Crippen MR) is 66.1 cm³/mol. The first-order chi connectivity index (χ1) is 8.36. The number of nitrogens with one attached hydrogen (secondary N) is 1. The monoisotopic (exact) mass is 229 g/mol. The summed E-state index contributed by atoms with van der Waals surface area (Å²) in [5.74, 6) is 0.118. The zero-order chi connectivity index (χ0) is 11.7. The molecule has 3 heteroatoms. The molecule has 89 valence electrons. The van der Waals surface area contributed by atoms with Gasteiger partial charge in [-0.25, -0.2) is 0 Å². The van der Waals surface area contributed by atoms with Crippen molar-refractivity contribution in [1.82, 2.24) is 10.2 Å². The molecular weight excluding hydrogens is 212 g/mol. The molecule has 3 rings (SSSR count). The van der Waals surface area contributed by atoms with Gasteiger partial charge < -0.3 is 4.90 Å². The fraction of sp³-hybridized carbons (Fsp3) is 0.429. The largest absolute Gasteiger partial charge is 0.315 e. The van der Waals surface area contributed by atoms with E-state index in [0.717, 1.165) is 12.0 Å². The van der Waals surface area contributed by atoms with E-state index in [1.165, 1.54) is 19.3 Å². The van der Waals surface area contributed by atoms with E-state index in [4.69, 9.17) is 0 Å². The Balaban J connectivity index is 1.79. The third-order valence-corrected chi connectivity index (χ3v) is 3.77. The molecule has 0 bridgehead atoms. The van der Waals surface area contributed by atoms with Gasteiger partial charge in [0.2, 0.25) is 0 Å². The summed E-state index contributed by atoms with van der Waals surface area (Å²) in [7, 11) is 0. The molecule has 2 aliphatic rings. The Labute approximate surface area is 102 Å². The summed E-state index contributed by atoms with van der Waals surface area (Å²) in [6.07, 6.45) is 4.80. The summed E-state index contributed by atoms with van der Waals surface area (Å²) in [4.78, 5) is 14.2. The molecule has 2 fully saturated rings. The average Bonchev–Trinajstić information content (AvgIpc) is 2.83. The van der Waals surface area contributed by atoms with Crippen LogP contribution in [-0.4, -0.2) is 22.9 Å². The highest BCUT2D eigenvalue weighted by atomic mass is 16.2. The molecule has 2 unspecified atom stereocenters. The van der Waals surface area contributed by atoms with Gasteiger partial charge in [0.05, 0.1) is 0 Å². The minimum Gasteiger partial charge on any atom is -0.315 e. The molecule has 1 aromatic rings. The maximum absolute atomic E-state index is 12.4. The van der Waals surface area contributed by atoms with Crippen LogP contribution in [0.1, 0.15) is 36.0 Å². The third kappa shape index (κ3) is 1.95. The number of nitrogens with zero attached hydrogens (tertiary/aromatic N) is 1. The predicted octanol–water partition coefficient (Wildman–Crippen LogP) is 2.16. The fourth-order valence-corrected chi connectivity index (χ4v) is 2.85. The molecule has 17 heavy (non-hydrogen) atoms. The van der Waals surface area contributed by atoms with Crippen LogP contribution in [-0.2, 0) is 0 Å². The van der Waals surface area contributed by atoms with Gasteiger partial charge in [0.1, 0.15) is 6.67 Å². The molecule has 0 aromatic heterocycles. The number of rotatable bonds is 1. The number of carbonyl (C=O) groups is 1. The van der Waals surface area contributed by atoms with Crippen molar-refractivity contribution in [2.24, 2.45) is 0 Å². The van der Waals surface area contributed by atoms with E-state index in [1.54, 1.807) is 0 Å². The third-order valence-electron chi connectivity index (χ3n) is 3.77. The number of hydrogen-bond acceptors (Lipinski definition) is 2. The van der Waals surface area contributed by atoms with Crippen LogP contribution < -0.4 is 5.32 Å². The second-order valence-electron chi connectivity index (χ2n) is 4.83. The summed E-state index contributed by atoms with van der Waals surface area (Å²) in [5, 5.41) is 3.34. The van der Waals surface area contributed by atoms with Crippen LogP contribution in [0.3, 0.4) is 0 Å².